The summed E-state index contributed by atoms with van der Waals surface area (Å²) in [6.45, 7) is 3.00. The standard InChI is InChI=1S/C16H17N3S2/c1-2-13(15-7-5-9-20-15)18-10-12-11-21-16(19-12)14-6-3-4-8-17-14/h3-9,11,13,18H,2,10H2,1H3. The van der Waals surface area contributed by atoms with Crippen LogP contribution in [0, 0.1) is 0 Å². The van der Waals surface area contributed by atoms with Gasteiger partial charge >= 0.3 is 0 Å². The van der Waals surface area contributed by atoms with Crippen LogP contribution in [0.25, 0.3) is 10.7 Å². The average Bonchev–Trinajstić information content (AvgIpc) is 3.20. The molecule has 0 fully saturated rings. The molecule has 0 saturated heterocycles. The number of pyridine rings is 1. The quantitative estimate of drug-likeness (QED) is 0.727. The van der Waals surface area contributed by atoms with Gasteiger partial charge < -0.3 is 5.32 Å². The van der Waals surface area contributed by atoms with Gasteiger partial charge in [0.15, 0.2) is 0 Å². The van der Waals surface area contributed by atoms with E-state index in [-0.39, 0.29) is 0 Å². The molecular weight excluding hydrogens is 298 g/mol. The van der Waals surface area contributed by atoms with Crippen LogP contribution in [0.3, 0.4) is 0 Å². The molecule has 1 atom stereocenters. The van der Waals surface area contributed by atoms with E-state index >= 15 is 0 Å². The number of hydrogen-bond donors (Lipinski definition) is 1. The largest absolute Gasteiger partial charge is 0.304 e. The smallest absolute Gasteiger partial charge is 0.142 e. The Morgan fingerprint density at radius 1 is 1.19 bits per heavy atom. The van der Waals surface area contributed by atoms with Crippen molar-refractivity contribution in [2.45, 2.75) is 25.9 Å². The first-order chi connectivity index (χ1) is 10.4. The third kappa shape index (κ3) is 3.56. The predicted octanol–water partition coefficient (Wildman–Crippen LogP) is 4.51. The van der Waals surface area contributed by atoms with Crippen LogP contribution in [0.15, 0.2) is 47.3 Å². The first-order valence-corrected chi connectivity index (χ1v) is 8.75. The minimum Gasteiger partial charge on any atom is -0.304 e. The van der Waals surface area contributed by atoms with Gasteiger partial charge in [-0.05, 0) is 30.0 Å². The maximum Gasteiger partial charge on any atom is 0.142 e. The number of nitrogens with one attached hydrogen (secondary N) is 1. The highest BCUT2D eigenvalue weighted by Gasteiger charge is 2.11. The Balaban J connectivity index is 1.65. The Hall–Kier alpha value is -1.56. The molecule has 3 heterocycles. The van der Waals surface area contributed by atoms with E-state index in [0.29, 0.717) is 6.04 Å². The minimum atomic E-state index is 0.407. The average molecular weight is 315 g/mol. The van der Waals surface area contributed by atoms with E-state index in [1.165, 1.54) is 4.88 Å². The van der Waals surface area contributed by atoms with Crippen LogP contribution in [0.4, 0.5) is 0 Å². The second-order valence-electron chi connectivity index (χ2n) is 4.72. The Bertz CT molecular complexity index is 662. The van der Waals surface area contributed by atoms with E-state index in [9.17, 15) is 0 Å². The van der Waals surface area contributed by atoms with Gasteiger partial charge in [-0.3, -0.25) is 4.98 Å². The fourth-order valence-corrected chi connectivity index (χ4v) is 3.84. The molecule has 0 amide bonds. The second kappa shape index (κ2) is 6.93. The van der Waals surface area contributed by atoms with Gasteiger partial charge in [0, 0.05) is 29.0 Å². The monoisotopic (exact) mass is 315 g/mol. The van der Waals surface area contributed by atoms with Crippen LogP contribution in [0.2, 0.25) is 0 Å². The van der Waals surface area contributed by atoms with Crippen LogP contribution in [0.5, 0.6) is 0 Å². The molecule has 21 heavy (non-hydrogen) atoms. The number of hydrogen-bond acceptors (Lipinski definition) is 5. The summed E-state index contributed by atoms with van der Waals surface area (Å²) >= 11 is 3.45. The van der Waals surface area contributed by atoms with Crippen LogP contribution < -0.4 is 5.32 Å². The van der Waals surface area contributed by atoms with Gasteiger partial charge in [-0.15, -0.1) is 22.7 Å². The maximum atomic E-state index is 4.66. The molecule has 3 rings (SSSR count). The van der Waals surface area contributed by atoms with E-state index in [4.69, 9.17) is 0 Å². The van der Waals surface area contributed by atoms with Gasteiger partial charge in [0.1, 0.15) is 5.01 Å². The number of nitrogens with zero attached hydrogens (tertiary/aromatic N) is 2. The molecule has 0 radical (unpaired) electrons. The lowest BCUT2D eigenvalue weighted by Gasteiger charge is -2.14. The predicted molar refractivity (Wildman–Crippen MR) is 89.5 cm³/mol. The topological polar surface area (TPSA) is 37.8 Å². The Labute approximate surface area is 132 Å². The van der Waals surface area contributed by atoms with Crippen molar-refractivity contribution in [1.82, 2.24) is 15.3 Å². The summed E-state index contributed by atoms with van der Waals surface area (Å²) in [5.74, 6) is 0. The van der Waals surface area contributed by atoms with E-state index in [2.05, 4.69) is 45.1 Å². The molecule has 1 N–H and O–H groups in total. The molecule has 0 spiro atoms. The fourth-order valence-electron chi connectivity index (χ4n) is 2.16. The van der Waals surface area contributed by atoms with E-state index < -0.39 is 0 Å². The number of rotatable bonds is 6. The highest BCUT2D eigenvalue weighted by Crippen LogP contribution is 2.24. The zero-order valence-corrected chi connectivity index (χ0v) is 13.5. The van der Waals surface area contributed by atoms with Crippen molar-refractivity contribution < 1.29 is 0 Å². The summed E-state index contributed by atoms with van der Waals surface area (Å²) in [4.78, 5) is 10.4. The zero-order chi connectivity index (χ0) is 14.5. The minimum absolute atomic E-state index is 0.407. The molecule has 1 unspecified atom stereocenters. The van der Waals surface area contributed by atoms with Gasteiger partial charge in [-0.1, -0.05) is 19.1 Å². The van der Waals surface area contributed by atoms with Gasteiger partial charge in [0.2, 0.25) is 0 Å². The van der Waals surface area contributed by atoms with Gasteiger partial charge in [-0.25, -0.2) is 4.98 Å². The molecule has 0 aliphatic rings. The molecule has 0 saturated carbocycles. The number of aromatic nitrogens is 2. The van der Waals surface area contributed by atoms with Crippen LogP contribution in [0.1, 0.15) is 30.0 Å². The van der Waals surface area contributed by atoms with Gasteiger partial charge in [-0.2, -0.15) is 0 Å². The summed E-state index contributed by atoms with van der Waals surface area (Å²) in [6.07, 6.45) is 2.89. The molecule has 3 nitrogen and oxygen atoms in total. The number of thiazole rings is 1. The zero-order valence-electron chi connectivity index (χ0n) is 11.8. The molecule has 5 heteroatoms. The Morgan fingerprint density at radius 3 is 2.86 bits per heavy atom. The highest BCUT2D eigenvalue weighted by molar-refractivity contribution is 7.13. The SMILES string of the molecule is CCC(NCc1csc(-c2ccccn2)n1)c1cccs1. The Morgan fingerprint density at radius 2 is 2.14 bits per heavy atom. The summed E-state index contributed by atoms with van der Waals surface area (Å²) in [5.41, 5.74) is 2.02. The fraction of sp³-hybridized carbons (Fsp3) is 0.250. The molecule has 0 aliphatic heterocycles. The van der Waals surface area contributed by atoms with Crippen molar-refractivity contribution in [3.8, 4) is 10.7 Å². The van der Waals surface area contributed by atoms with Crippen molar-refractivity contribution in [2.24, 2.45) is 0 Å². The first kappa shape index (κ1) is 14.4. The van der Waals surface area contributed by atoms with Crippen molar-refractivity contribution in [3.05, 3.63) is 57.9 Å². The molecule has 0 aromatic carbocycles. The summed E-state index contributed by atoms with van der Waals surface area (Å²) in [6, 6.07) is 10.6. The molecule has 3 aromatic rings. The van der Waals surface area contributed by atoms with Crippen molar-refractivity contribution >= 4 is 22.7 Å². The lowest BCUT2D eigenvalue weighted by molar-refractivity contribution is 0.522. The van der Waals surface area contributed by atoms with Gasteiger partial charge in [0.05, 0.1) is 11.4 Å². The Kier molecular flexibility index (Phi) is 4.75. The molecule has 108 valence electrons. The van der Waals surface area contributed by atoms with Crippen LogP contribution >= 0.6 is 22.7 Å². The second-order valence-corrected chi connectivity index (χ2v) is 6.55. The molecule has 3 aromatic heterocycles. The van der Waals surface area contributed by atoms with E-state index in [1.807, 2.05) is 18.2 Å². The molecule has 0 bridgehead atoms. The highest BCUT2D eigenvalue weighted by atomic mass is 32.1. The lowest BCUT2D eigenvalue weighted by Crippen LogP contribution is -2.19. The van der Waals surface area contributed by atoms with Crippen molar-refractivity contribution in [1.29, 1.82) is 0 Å². The molecule has 0 aliphatic carbocycles. The van der Waals surface area contributed by atoms with Crippen molar-refractivity contribution in [2.75, 3.05) is 0 Å². The third-order valence-electron chi connectivity index (χ3n) is 3.26. The lowest BCUT2D eigenvalue weighted by atomic mass is 10.2. The first-order valence-electron chi connectivity index (χ1n) is 6.99. The van der Waals surface area contributed by atoms with E-state index in [0.717, 1.165) is 29.4 Å². The van der Waals surface area contributed by atoms with Crippen LogP contribution in [-0.2, 0) is 6.54 Å². The van der Waals surface area contributed by atoms with Crippen LogP contribution in [-0.4, -0.2) is 9.97 Å². The summed E-state index contributed by atoms with van der Waals surface area (Å²) in [7, 11) is 0. The van der Waals surface area contributed by atoms with Crippen molar-refractivity contribution in [3.63, 3.8) is 0 Å². The summed E-state index contributed by atoms with van der Waals surface area (Å²) < 4.78 is 0. The third-order valence-corrected chi connectivity index (χ3v) is 5.16. The molecular formula is C16H17N3S2. The van der Waals surface area contributed by atoms with E-state index in [1.54, 1.807) is 28.9 Å². The number of thiophene rings is 1. The normalized spacial score (nSPS) is 12.4. The summed E-state index contributed by atoms with van der Waals surface area (Å²) in [5, 5.41) is 8.81. The van der Waals surface area contributed by atoms with Gasteiger partial charge in [0.25, 0.3) is 0 Å². The maximum absolute atomic E-state index is 4.66.